The van der Waals surface area contributed by atoms with Crippen molar-refractivity contribution in [3.05, 3.63) is 47.9 Å². The lowest BCUT2D eigenvalue weighted by atomic mass is 9.87. The molecule has 0 saturated heterocycles. The molecule has 0 unspecified atom stereocenters. The Morgan fingerprint density at radius 3 is 2.58 bits per heavy atom. The van der Waals surface area contributed by atoms with Crippen molar-refractivity contribution in [2.75, 3.05) is 5.32 Å². The Hall–Kier alpha value is -3.10. The number of carbonyl (C=O) groups is 1. The van der Waals surface area contributed by atoms with E-state index in [1.165, 1.54) is 25.0 Å². The van der Waals surface area contributed by atoms with E-state index in [1.807, 2.05) is 10.9 Å². The second kappa shape index (κ2) is 8.35. The van der Waals surface area contributed by atoms with Crippen molar-refractivity contribution >= 4 is 22.5 Å². The molecular weight excluding hydrogens is 433 g/mol. The Labute approximate surface area is 189 Å². The highest BCUT2D eigenvalue weighted by Crippen LogP contribution is 2.37. The van der Waals surface area contributed by atoms with Gasteiger partial charge in [0.05, 0.1) is 23.3 Å². The maximum absolute atomic E-state index is 13.0. The molecule has 9 heteroatoms. The molecule has 2 aliphatic rings. The molecule has 2 aliphatic carbocycles. The molecule has 2 fully saturated rings. The third-order valence-corrected chi connectivity index (χ3v) is 6.32. The topological polar surface area (TPSA) is 69.0 Å². The van der Waals surface area contributed by atoms with Crippen molar-refractivity contribution in [1.29, 1.82) is 0 Å². The number of rotatable bonds is 5. The summed E-state index contributed by atoms with van der Waals surface area (Å²) in [4.78, 5) is 16.2. The van der Waals surface area contributed by atoms with Gasteiger partial charge >= 0.3 is 6.18 Å². The molecule has 174 valence electrons. The van der Waals surface area contributed by atoms with Crippen LogP contribution in [0, 0.1) is 5.92 Å². The predicted octanol–water partition coefficient (Wildman–Crippen LogP) is 5.99. The number of fused-ring (bicyclic) bond motifs is 1. The first-order chi connectivity index (χ1) is 15.8. The van der Waals surface area contributed by atoms with E-state index in [0.717, 1.165) is 48.6 Å². The number of ether oxygens (including phenoxy) is 1. The number of hydrogen-bond donors (Lipinski definition) is 1. The third-order valence-electron chi connectivity index (χ3n) is 6.32. The maximum Gasteiger partial charge on any atom is 0.433 e. The van der Waals surface area contributed by atoms with Gasteiger partial charge in [-0.3, -0.25) is 9.48 Å². The van der Waals surface area contributed by atoms with Gasteiger partial charge in [0.25, 0.3) is 5.91 Å². The van der Waals surface area contributed by atoms with Gasteiger partial charge in [-0.1, -0.05) is 13.0 Å². The minimum atomic E-state index is -4.62. The van der Waals surface area contributed by atoms with Gasteiger partial charge in [-0.25, -0.2) is 4.98 Å². The molecule has 3 aromatic rings. The smallest absolute Gasteiger partial charge is 0.433 e. The first kappa shape index (κ1) is 21.7. The van der Waals surface area contributed by atoms with E-state index < -0.39 is 17.8 Å². The molecular formula is C24H25F3N4O2. The summed E-state index contributed by atoms with van der Waals surface area (Å²) in [6.07, 6.45) is 3.76. The van der Waals surface area contributed by atoms with Crippen LogP contribution in [0.5, 0.6) is 5.75 Å². The SMILES string of the molecule is C[C@H]1CC[C@H](n2cc3cc(NC(=O)c4cccc(C(F)(F)F)n4)c(OC4CC4)cc3n2)CC1. The number of hydrogen-bond acceptors (Lipinski definition) is 4. The molecule has 0 aliphatic heterocycles. The van der Waals surface area contributed by atoms with Gasteiger partial charge in [-0.05, 0) is 62.6 Å². The molecule has 6 nitrogen and oxygen atoms in total. The number of benzene rings is 1. The lowest BCUT2D eigenvalue weighted by Crippen LogP contribution is -2.17. The lowest BCUT2D eigenvalue weighted by Gasteiger charge is -2.26. The van der Waals surface area contributed by atoms with Crippen LogP contribution >= 0.6 is 0 Å². The third kappa shape index (κ3) is 4.82. The van der Waals surface area contributed by atoms with Crippen LogP contribution < -0.4 is 10.1 Å². The second-order valence-corrected chi connectivity index (χ2v) is 9.11. The fraction of sp³-hybridized carbons (Fsp3) is 0.458. The number of halogens is 3. The Balaban J connectivity index is 1.44. The molecule has 5 rings (SSSR count). The van der Waals surface area contributed by atoms with Crippen molar-refractivity contribution in [3.8, 4) is 5.75 Å². The van der Waals surface area contributed by atoms with E-state index in [9.17, 15) is 18.0 Å². The summed E-state index contributed by atoms with van der Waals surface area (Å²) in [6, 6.07) is 7.18. The number of amides is 1. The van der Waals surface area contributed by atoms with Crippen LogP contribution in [0.4, 0.5) is 18.9 Å². The zero-order chi connectivity index (χ0) is 23.2. The predicted molar refractivity (Wildman–Crippen MR) is 117 cm³/mol. The molecule has 2 saturated carbocycles. The van der Waals surface area contributed by atoms with Crippen LogP contribution in [0.25, 0.3) is 10.9 Å². The highest BCUT2D eigenvalue weighted by Gasteiger charge is 2.33. The van der Waals surface area contributed by atoms with E-state index in [-0.39, 0.29) is 11.8 Å². The Bertz CT molecular complexity index is 1180. The molecule has 2 heterocycles. The molecule has 0 spiro atoms. The normalized spacial score (nSPS) is 21.2. The monoisotopic (exact) mass is 458 g/mol. The van der Waals surface area contributed by atoms with Crippen molar-refractivity contribution in [2.24, 2.45) is 5.92 Å². The standard InChI is InChI=1S/C24H25F3N4O2/c1-14-5-7-16(8-6-14)31-13-15-11-20(21(12-19(15)30-31)33-17-9-10-17)29-23(32)18-3-2-4-22(28-18)24(25,26)27/h2-4,11-14,16-17H,5-10H2,1H3,(H,29,32)/t14-,16-. The summed E-state index contributed by atoms with van der Waals surface area (Å²) in [6.45, 7) is 2.27. The minimum Gasteiger partial charge on any atom is -0.488 e. The van der Waals surface area contributed by atoms with Crippen molar-refractivity contribution < 1.29 is 22.7 Å². The molecule has 0 bridgehead atoms. The Morgan fingerprint density at radius 2 is 1.88 bits per heavy atom. The average molecular weight is 458 g/mol. The van der Waals surface area contributed by atoms with E-state index in [2.05, 4.69) is 17.2 Å². The van der Waals surface area contributed by atoms with Crippen molar-refractivity contribution in [1.82, 2.24) is 14.8 Å². The van der Waals surface area contributed by atoms with Crippen molar-refractivity contribution in [2.45, 2.75) is 63.8 Å². The zero-order valence-corrected chi connectivity index (χ0v) is 18.2. The number of aromatic nitrogens is 3. The Morgan fingerprint density at radius 1 is 1.12 bits per heavy atom. The van der Waals surface area contributed by atoms with E-state index >= 15 is 0 Å². The summed E-state index contributed by atoms with van der Waals surface area (Å²) in [5.74, 6) is 0.471. The lowest BCUT2D eigenvalue weighted by molar-refractivity contribution is -0.141. The second-order valence-electron chi connectivity index (χ2n) is 9.11. The fourth-order valence-corrected chi connectivity index (χ4v) is 4.23. The van der Waals surface area contributed by atoms with Crippen LogP contribution in [-0.2, 0) is 6.18 Å². The summed E-state index contributed by atoms with van der Waals surface area (Å²) >= 11 is 0. The molecule has 33 heavy (non-hydrogen) atoms. The number of alkyl halides is 3. The summed E-state index contributed by atoms with van der Waals surface area (Å²) < 4.78 is 47.0. The Kier molecular flexibility index (Phi) is 5.50. The summed E-state index contributed by atoms with van der Waals surface area (Å²) in [5, 5.41) is 8.29. The number of nitrogens with zero attached hydrogens (tertiary/aromatic N) is 3. The van der Waals surface area contributed by atoms with Gasteiger partial charge in [-0.2, -0.15) is 18.3 Å². The van der Waals surface area contributed by atoms with Crippen molar-refractivity contribution in [3.63, 3.8) is 0 Å². The molecule has 0 radical (unpaired) electrons. The van der Waals surface area contributed by atoms with Gasteiger partial charge in [-0.15, -0.1) is 0 Å². The molecule has 2 aromatic heterocycles. The quantitative estimate of drug-likeness (QED) is 0.510. The molecule has 1 aromatic carbocycles. The molecule has 1 amide bonds. The molecule has 1 N–H and O–H groups in total. The highest BCUT2D eigenvalue weighted by molar-refractivity contribution is 6.05. The van der Waals surface area contributed by atoms with E-state index in [4.69, 9.17) is 9.84 Å². The van der Waals surface area contributed by atoms with Crippen LogP contribution in [-0.4, -0.2) is 26.8 Å². The maximum atomic E-state index is 13.0. The van der Waals surface area contributed by atoms with Gasteiger partial charge in [0.1, 0.15) is 17.1 Å². The van der Waals surface area contributed by atoms with Gasteiger partial charge in [0, 0.05) is 17.6 Å². The van der Waals surface area contributed by atoms with E-state index in [0.29, 0.717) is 17.5 Å². The zero-order valence-electron chi connectivity index (χ0n) is 18.2. The van der Waals surface area contributed by atoms with Crippen LogP contribution in [0.2, 0.25) is 0 Å². The van der Waals surface area contributed by atoms with Crippen LogP contribution in [0.15, 0.2) is 36.5 Å². The highest BCUT2D eigenvalue weighted by atomic mass is 19.4. The molecule has 0 atom stereocenters. The number of carbonyl (C=O) groups excluding carboxylic acids is 1. The van der Waals surface area contributed by atoms with Gasteiger partial charge in [0.2, 0.25) is 0 Å². The average Bonchev–Trinajstić information content (AvgIpc) is 3.50. The largest absolute Gasteiger partial charge is 0.488 e. The summed E-state index contributed by atoms with van der Waals surface area (Å²) in [5.41, 5.74) is -0.257. The summed E-state index contributed by atoms with van der Waals surface area (Å²) in [7, 11) is 0. The van der Waals surface area contributed by atoms with E-state index in [1.54, 1.807) is 12.1 Å². The van der Waals surface area contributed by atoms with Crippen LogP contribution in [0.1, 0.15) is 67.7 Å². The van der Waals surface area contributed by atoms with Gasteiger partial charge < -0.3 is 10.1 Å². The number of pyridine rings is 1. The first-order valence-electron chi connectivity index (χ1n) is 11.3. The fourth-order valence-electron chi connectivity index (χ4n) is 4.23. The number of nitrogens with one attached hydrogen (secondary N) is 1. The first-order valence-corrected chi connectivity index (χ1v) is 11.3. The number of anilines is 1. The van der Waals surface area contributed by atoms with Crippen LogP contribution in [0.3, 0.4) is 0 Å². The minimum absolute atomic E-state index is 0.0757. The van der Waals surface area contributed by atoms with Gasteiger partial charge in [0.15, 0.2) is 0 Å².